The summed E-state index contributed by atoms with van der Waals surface area (Å²) in [5.41, 5.74) is 0.390. The summed E-state index contributed by atoms with van der Waals surface area (Å²) in [5, 5.41) is 10.2. The minimum atomic E-state index is -0.934. The number of benzene rings is 1. The van der Waals surface area contributed by atoms with Gasteiger partial charge in [0.05, 0.1) is 18.8 Å². The molecule has 1 aromatic carbocycles. The van der Waals surface area contributed by atoms with E-state index in [2.05, 4.69) is 4.90 Å². The molecule has 0 radical (unpaired) electrons. The molecule has 2 heterocycles. The predicted octanol–water partition coefficient (Wildman–Crippen LogP) is 2.23. The summed E-state index contributed by atoms with van der Waals surface area (Å²) in [5.74, 6) is -2.31. The first-order valence-electron chi connectivity index (χ1n) is 7.65. The van der Waals surface area contributed by atoms with Crippen molar-refractivity contribution in [3.05, 3.63) is 35.4 Å². The molecule has 2 aliphatic rings. The van der Waals surface area contributed by atoms with Crippen molar-refractivity contribution in [2.45, 2.75) is 37.8 Å². The highest BCUT2D eigenvalue weighted by molar-refractivity contribution is 5.20. The first kappa shape index (κ1) is 15.8. The average molecular weight is 313 g/mol. The van der Waals surface area contributed by atoms with Crippen molar-refractivity contribution < 1.29 is 23.4 Å². The van der Waals surface area contributed by atoms with Gasteiger partial charge in [-0.15, -0.1) is 0 Å². The smallest absolute Gasteiger partial charge is 0.171 e. The van der Waals surface area contributed by atoms with Crippen molar-refractivity contribution in [2.24, 2.45) is 0 Å². The summed E-state index contributed by atoms with van der Waals surface area (Å²) >= 11 is 0. The molecule has 0 saturated carbocycles. The molecule has 2 fully saturated rings. The van der Waals surface area contributed by atoms with Crippen molar-refractivity contribution in [1.29, 1.82) is 0 Å². The minimum Gasteiger partial charge on any atom is -0.387 e. The van der Waals surface area contributed by atoms with E-state index in [1.54, 1.807) is 0 Å². The lowest BCUT2D eigenvalue weighted by Gasteiger charge is -2.38. The number of aliphatic hydroxyl groups excluding tert-OH is 1. The first-order valence-corrected chi connectivity index (χ1v) is 7.65. The van der Waals surface area contributed by atoms with E-state index in [0.717, 1.165) is 38.1 Å². The van der Waals surface area contributed by atoms with Crippen molar-refractivity contribution in [3.8, 4) is 0 Å². The molecule has 6 heteroatoms. The third kappa shape index (κ3) is 3.30. The number of hydrogen-bond acceptors (Lipinski definition) is 4. The standard InChI is InChI=1S/C16H21F2NO3/c1-11-10-21-16(22-11)4-6-19(7-5-16)9-15(20)12-2-3-13(17)14(18)8-12/h2-3,8,11,15,20H,4-7,9-10H2,1H3. The summed E-state index contributed by atoms with van der Waals surface area (Å²) in [4.78, 5) is 2.09. The van der Waals surface area contributed by atoms with Crippen LogP contribution in [-0.4, -0.2) is 48.1 Å². The monoisotopic (exact) mass is 313 g/mol. The molecule has 2 saturated heterocycles. The lowest BCUT2D eigenvalue weighted by Crippen LogP contribution is -2.46. The number of ether oxygens (including phenoxy) is 2. The molecule has 2 atom stereocenters. The van der Waals surface area contributed by atoms with E-state index < -0.39 is 23.5 Å². The molecule has 122 valence electrons. The second-order valence-electron chi connectivity index (χ2n) is 6.14. The van der Waals surface area contributed by atoms with Crippen molar-refractivity contribution in [2.75, 3.05) is 26.2 Å². The number of aliphatic hydroxyl groups is 1. The SMILES string of the molecule is CC1COC2(CCN(CC(O)c3ccc(F)c(F)c3)CC2)O1. The second-order valence-corrected chi connectivity index (χ2v) is 6.14. The summed E-state index contributed by atoms with van der Waals surface area (Å²) in [6.45, 7) is 4.49. The zero-order valence-electron chi connectivity index (χ0n) is 12.6. The van der Waals surface area contributed by atoms with Crippen LogP contribution in [0, 0.1) is 11.6 Å². The maximum absolute atomic E-state index is 13.2. The average Bonchev–Trinajstić information content (AvgIpc) is 2.85. The van der Waals surface area contributed by atoms with Gasteiger partial charge in [-0.2, -0.15) is 0 Å². The maximum atomic E-state index is 13.2. The Morgan fingerprint density at radius 3 is 2.64 bits per heavy atom. The first-order chi connectivity index (χ1) is 10.5. The number of β-amino-alcohol motifs (C(OH)–C–C–N with tert-alkyl or cyclic N) is 1. The van der Waals surface area contributed by atoms with E-state index in [4.69, 9.17) is 9.47 Å². The van der Waals surface area contributed by atoms with Gasteiger partial charge in [-0.05, 0) is 24.6 Å². The summed E-state index contributed by atoms with van der Waals surface area (Å²) in [6.07, 6.45) is 0.789. The Morgan fingerprint density at radius 2 is 2.05 bits per heavy atom. The minimum absolute atomic E-state index is 0.124. The van der Waals surface area contributed by atoms with Gasteiger partial charge >= 0.3 is 0 Å². The van der Waals surface area contributed by atoms with Gasteiger partial charge in [0, 0.05) is 32.5 Å². The molecule has 0 bridgehead atoms. The molecule has 22 heavy (non-hydrogen) atoms. The zero-order chi connectivity index (χ0) is 15.7. The number of halogens is 2. The summed E-state index contributed by atoms with van der Waals surface area (Å²) in [6, 6.07) is 3.51. The predicted molar refractivity (Wildman–Crippen MR) is 76.2 cm³/mol. The zero-order valence-corrected chi connectivity index (χ0v) is 12.6. The summed E-state index contributed by atoms with van der Waals surface area (Å²) < 4.78 is 37.8. The van der Waals surface area contributed by atoms with E-state index in [9.17, 15) is 13.9 Å². The Balaban J connectivity index is 1.55. The quantitative estimate of drug-likeness (QED) is 0.929. The topological polar surface area (TPSA) is 41.9 Å². The van der Waals surface area contributed by atoms with Crippen LogP contribution in [0.3, 0.4) is 0 Å². The molecular formula is C16H21F2NO3. The molecule has 2 aliphatic heterocycles. The molecule has 1 N–H and O–H groups in total. The van der Waals surface area contributed by atoms with Crippen LogP contribution in [-0.2, 0) is 9.47 Å². The number of nitrogens with zero attached hydrogens (tertiary/aromatic N) is 1. The number of rotatable bonds is 3. The van der Waals surface area contributed by atoms with Crippen LogP contribution in [0.1, 0.15) is 31.4 Å². The van der Waals surface area contributed by atoms with Crippen LogP contribution in [0.5, 0.6) is 0 Å². The van der Waals surface area contributed by atoms with Crippen LogP contribution < -0.4 is 0 Å². The molecule has 3 rings (SSSR count). The van der Waals surface area contributed by atoms with Crippen LogP contribution >= 0.6 is 0 Å². The normalized spacial score (nSPS) is 26.5. The van der Waals surface area contributed by atoms with Gasteiger partial charge in [0.25, 0.3) is 0 Å². The Bertz CT molecular complexity index is 532. The molecular weight excluding hydrogens is 292 g/mol. The molecule has 2 unspecified atom stereocenters. The van der Waals surface area contributed by atoms with E-state index >= 15 is 0 Å². The van der Waals surface area contributed by atoms with Crippen LogP contribution in [0.4, 0.5) is 8.78 Å². The largest absolute Gasteiger partial charge is 0.387 e. The van der Waals surface area contributed by atoms with Crippen molar-refractivity contribution in [3.63, 3.8) is 0 Å². The van der Waals surface area contributed by atoms with Gasteiger partial charge in [-0.1, -0.05) is 6.07 Å². The van der Waals surface area contributed by atoms with Gasteiger partial charge in [0.2, 0.25) is 0 Å². The van der Waals surface area contributed by atoms with Gasteiger partial charge < -0.3 is 19.5 Å². The third-order valence-electron chi connectivity index (χ3n) is 4.37. The summed E-state index contributed by atoms with van der Waals surface area (Å²) in [7, 11) is 0. The second kappa shape index (κ2) is 6.20. The van der Waals surface area contributed by atoms with Crippen LogP contribution in [0.2, 0.25) is 0 Å². The number of hydrogen-bond donors (Lipinski definition) is 1. The van der Waals surface area contributed by atoms with Crippen molar-refractivity contribution in [1.82, 2.24) is 4.90 Å². The lowest BCUT2D eigenvalue weighted by atomic mass is 10.0. The molecule has 0 aliphatic carbocycles. The third-order valence-corrected chi connectivity index (χ3v) is 4.37. The Hall–Kier alpha value is -1.08. The van der Waals surface area contributed by atoms with E-state index in [1.165, 1.54) is 6.07 Å². The van der Waals surface area contributed by atoms with Crippen molar-refractivity contribution >= 4 is 0 Å². The Morgan fingerprint density at radius 1 is 1.32 bits per heavy atom. The van der Waals surface area contributed by atoms with E-state index in [-0.39, 0.29) is 6.10 Å². The molecule has 1 aromatic rings. The highest BCUT2D eigenvalue weighted by atomic mass is 19.2. The van der Waals surface area contributed by atoms with Gasteiger partial charge in [-0.25, -0.2) is 8.78 Å². The highest BCUT2D eigenvalue weighted by Crippen LogP contribution is 2.34. The van der Waals surface area contributed by atoms with Gasteiger partial charge in [-0.3, -0.25) is 0 Å². The van der Waals surface area contributed by atoms with E-state index in [1.807, 2.05) is 6.92 Å². The van der Waals surface area contributed by atoms with Gasteiger partial charge in [0.15, 0.2) is 17.4 Å². The Kier molecular flexibility index (Phi) is 4.45. The lowest BCUT2D eigenvalue weighted by molar-refractivity contribution is -0.194. The van der Waals surface area contributed by atoms with Crippen LogP contribution in [0.15, 0.2) is 18.2 Å². The fourth-order valence-electron chi connectivity index (χ4n) is 3.11. The van der Waals surface area contributed by atoms with Crippen LogP contribution in [0.25, 0.3) is 0 Å². The molecule has 4 nitrogen and oxygen atoms in total. The molecule has 0 aromatic heterocycles. The van der Waals surface area contributed by atoms with Gasteiger partial charge in [0.1, 0.15) is 0 Å². The number of piperidine rings is 1. The highest BCUT2D eigenvalue weighted by Gasteiger charge is 2.42. The van der Waals surface area contributed by atoms with E-state index in [0.29, 0.717) is 18.7 Å². The maximum Gasteiger partial charge on any atom is 0.171 e. The Labute approximate surface area is 128 Å². The fraction of sp³-hybridized carbons (Fsp3) is 0.625. The molecule has 0 amide bonds. The number of likely N-dealkylation sites (tertiary alicyclic amines) is 1. The molecule has 1 spiro atoms. The fourth-order valence-corrected chi connectivity index (χ4v) is 3.11.